The van der Waals surface area contributed by atoms with E-state index in [2.05, 4.69) is 0 Å². The number of hydrogen-bond donors (Lipinski definition) is 1. The second-order valence-corrected chi connectivity index (χ2v) is 6.30. The summed E-state index contributed by atoms with van der Waals surface area (Å²) in [6.07, 6.45) is 8.21. The van der Waals surface area contributed by atoms with Gasteiger partial charge in [-0.1, -0.05) is 24.4 Å². The minimum atomic E-state index is -0.0497. The summed E-state index contributed by atoms with van der Waals surface area (Å²) in [4.78, 5) is 14.7. The molecule has 20 heavy (non-hydrogen) atoms. The molecule has 1 atom stereocenters. The molecule has 1 aliphatic heterocycles. The number of aliphatic hydroxyl groups is 1. The van der Waals surface area contributed by atoms with Crippen LogP contribution in [0, 0.1) is 0 Å². The number of carbonyl (C=O) groups excluding carboxylic acids is 1. The van der Waals surface area contributed by atoms with Crippen molar-refractivity contribution in [3.05, 3.63) is 23.0 Å². The molecule has 1 unspecified atom stereocenters. The Morgan fingerprint density at radius 1 is 1.30 bits per heavy atom. The van der Waals surface area contributed by atoms with E-state index in [1.54, 1.807) is 6.07 Å². The summed E-state index contributed by atoms with van der Waals surface area (Å²) in [6, 6.07) is 2.15. The Balaban J connectivity index is 1.86. The van der Waals surface area contributed by atoms with Gasteiger partial charge in [-0.15, -0.1) is 0 Å². The molecule has 0 radical (unpaired) electrons. The third-order valence-electron chi connectivity index (χ3n) is 4.32. The van der Waals surface area contributed by atoms with Gasteiger partial charge >= 0.3 is 0 Å². The molecular formula is C15H21ClN2O2. The van der Waals surface area contributed by atoms with E-state index in [0.717, 1.165) is 45.1 Å². The van der Waals surface area contributed by atoms with Gasteiger partial charge in [0, 0.05) is 18.8 Å². The third-order valence-corrected chi connectivity index (χ3v) is 4.53. The topological polar surface area (TPSA) is 45.5 Å². The highest BCUT2D eigenvalue weighted by Crippen LogP contribution is 2.38. The van der Waals surface area contributed by atoms with Crippen LogP contribution in [0.4, 0.5) is 0 Å². The molecule has 4 nitrogen and oxygen atoms in total. The van der Waals surface area contributed by atoms with Gasteiger partial charge in [-0.05, 0) is 31.7 Å². The minimum absolute atomic E-state index is 0.0183. The molecule has 2 fully saturated rings. The summed E-state index contributed by atoms with van der Waals surface area (Å²) in [5.74, 6) is 0.0183. The molecule has 1 saturated heterocycles. The molecule has 0 spiro atoms. The molecule has 110 valence electrons. The first-order chi connectivity index (χ1) is 9.70. The van der Waals surface area contributed by atoms with Crippen LogP contribution in [0.3, 0.4) is 0 Å². The molecule has 1 aromatic rings. The molecule has 5 heteroatoms. The first-order valence-electron chi connectivity index (χ1n) is 7.50. The zero-order chi connectivity index (χ0) is 14.1. The summed E-state index contributed by atoms with van der Waals surface area (Å²) in [5.41, 5.74) is 0.679. The fourth-order valence-electron chi connectivity index (χ4n) is 3.05. The van der Waals surface area contributed by atoms with Crippen LogP contribution in [0.25, 0.3) is 0 Å². The van der Waals surface area contributed by atoms with E-state index in [1.165, 1.54) is 0 Å². The quantitative estimate of drug-likeness (QED) is 0.932. The SMILES string of the molecule is O=C(c1cc(Cl)cn1C1CC1)N1CCCCCC1CO. The van der Waals surface area contributed by atoms with Crippen molar-refractivity contribution < 1.29 is 9.90 Å². The number of nitrogens with zero attached hydrogens (tertiary/aromatic N) is 2. The van der Waals surface area contributed by atoms with Crippen molar-refractivity contribution in [3.63, 3.8) is 0 Å². The molecule has 3 rings (SSSR count). The molecule has 1 aliphatic carbocycles. The number of hydrogen-bond acceptors (Lipinski definition) is 2. The van der Waals surface area contributed by atoms with E-state index in [-0.39, 0.29) is 18.6 Å². The zero-order valence-corrected chi connectivity index (χ0v) is 12.4. The van der Waals surface area contributed by atoms with Crippen LogP contribution in [0.5, 0.6) is 0 Å². The van der Waals surface area contributed by atoms with Gasteiger partial charge in [-0.25, -0.2) is 0 Å². The van der Waals surface area contributed by atoms with Crippen molar-refractivity contribution >= 4 is 17.5 Å². The molecule has 1 amide bonds. The van der Waals surface area contributed by atoms with Gasteiger partial charge in [0.25, 0.3) is 5.91 Å². The van der Waals surface area contributed by atoms with Crippen molar-refractivity contribution in [1.29, 1.82) is 0 Å². The second-order valence-electron chi connectivity index (χ2n) is 5.87. The Bertz CT molecular complexity index is 496. The Kier molecular flexibility index (Phi) is 4.03. The van der Waals surface area contributed by atoms with Gasteiger partial charge in [0.1, 0.15) is 5.69 Å². The van der Waals surface area contributed by atoms with Gasteiger partial charge in [-0.3, -0.25) is 4.79 Å². The number of carbonyl (C=O) groups is 1. The Hall–Kier alpha value is -1.00. The van der Waals surface area contributed by atoms with E-state index < -0.39 is 0 Å². The van der Waals surface area contributed by atoms with E-state index in [1.807, 2.05) is 15.7 Å². The summed E-state index contributed by atoms with van der Waals surface area (Å²) >= 11 is 6.08. The van der Waals surface area contributed by atoms with E-state index >= 15 is 0 Å². The van der Waals surface area contributed by atoms with Crippen LogP contribution in [0.15, 0.2) is 12.3 Å². The monoisotopic (exact) mass is 296 g/mol. The maximum absolute atomic E-state index is 12.8. The number of amides is 1. The molecule has 0 aromatic carbocycles. The maximum Gasteiger partial charge on any atom is 0.270 e. The first-order valence-corrected chi connectivity index (χ1v) is 7.87. The molecule has 2 heterocycles. The molecule has 1 saturated carbocycles. The number of likely N-dealkylation sites (tertiary alicyclic amines) is 1. The van der Waals surface area contributed by atoms with Crippen molar-refractivity contribution in [3.8, 4) is 0 Å². The van der Waals surface area contributed by atoms with Crippen LogP contribution in [-0.2, 0) is 0 Å². The lowest BCUT2D eigenvalue weighted by molar-refractivity contribution is 0.0589. The van der Waals surface area contributed by atoms with Gasteiger partial charge in [0.2, 0.25) is 0 Å². The van der Waals surface area contributed by atoms with Crippen molar-refractivity contribution in [2.24, 2.45) is 0 Å². The first kappa shape index (κ1) is 14.0. The summed E-state index contributed by atoms with van der Waals surface area (Å²) in [7, 11) is 0. The zero-order valence-electron chi connectivity index (χ0n) is 11.6. The molecule has 1 aromatic heterocycles. The Morgan fingerprint density at radius 3 is 2.80 bits per heavy atom. The Morgan fingerprint density at radius 2 is 2.10 bits per heavy atom. The van der Waals surface area contributed by atoms with Crippen LogP contribution in [-0.4, -0.2) is 39.7 Å². The minimum Gasteiger partial charge on any atom is -0.394 e. The van der Waals surface area contributed by atoms with Crippen LogP contribution >= 0.6 is 11.6 Å². The van der Waals surface area contributed by atoms with E-state index in [0.29, 0.717) is 16.8 Å². The lowest BCUT2D eigenvalue weighted by Gasteiger charge is -2.29. The molecular weight excluding hydrogens is 276 g/mol. The number of halogens is 1. The van der Waals surface area contributed by atoms with Gasteiger partial charge in [0.05, 0.1) is 17.7 Å². The van der Waals surface area contributed by atoms with Crippen LogP contribution in [0.1, 0.15) is 55.1 Å². The average Bonchev–Trinajstić information content (AvgIpc) is 3.24. The number of rotatable bonds is 3. The van der Waals surface area contributed by atoms with Crippen molar-refractivity contribution in [2.45, 2.75) is 50.6 Å². The largest absolute Gasteiger partial charge is 0.394 e. The highest BCUT2D eigenvalue weighted by Gasteiger charge is 2.32. The van der Waals surface area contributed by atoms with Gasteiger partial charge in [-0.2, -0.15) is 0 Å². The lowest BCUT2D eigenvalue weighted by Crippen LogP contribution is -2.42. The summed E-state index contributed by atoms with van der Waals surface area (Å²) in [5, 5.41) is 10.2. The fourth-order valence-corrected chi connectivity index (χ4v) is 3.26. The van der Waals surface area contributed by atoms with Gasteiger partial charge < -0.3 is 14.6 Å². The average molecular weight is 297 g/mol. The van der Waals surface area contributed by atoms with Crippen molar-refractivity contribution in [1.82, 2.24) is 9.47 Å². The number of aromatic nitrogens is 1. The molecule has 1 N–H and O–H groups in total. The third kappa shape index (κ3) is 2.72. The smallest absolute Gasteiger partial charge is 0.270 e. The summed E-state index contributed by atoms with van der Waals surface area (Å²) in [6.45, 7) is 0.779. The van der Waals surface area contributed by atoms with Crippen molar-refractivity contribution in [2.75, 3.05) is 13.2 Å². The second kappa shape index (κ2) is 5.78. The predicted molar refractivity (Wildman–Crippen MR) is 78.1 cm³/mol. The molecule has 0 bridgehead atoms. The summed E-state index contributed by atoms with van der Waals surface area (Å²) < 4.78 is 2.02. The lowest BCUT2D eigenvalue weighted by atomic mass is 10.1. The predicted octanol–water partition coefficient (Wildman–Crippen LogP) is 2.85. The standard InChI is InChI=1S/C15H21ClN2O2/c16-11-8-14(18(9-11)12-5-6-12)15(20)17-7-3-1-2-4-13(17)10-19/h8-9,12-13,19H,1-7,10H2. The van der Waals surface area contributed by atoms with Crippen LogP contribution < -0.4 is 0 Å². The van der Waals surface area contributed by atoms with E-state index in [9.17, 15) is 9.90 Å². The highest BCUT2D eigenvalue weighted by molar-refractivity contribution is 6.31. The maximum atomic E-state index is 12.8. The normalized spacial score (nSPS) is 23.7. The van der Waals surface area contributed by atoms with E-state index in [4.69, 9.17) is 11.6 Å². The highest BCUT2D eigenvalue weighted by atomic mass is 35.5. The molecule has 2 aliphatic rings. The van der Waals surface area contributed by atoms with Crippen LogP contribution in [0.2, 0.25) is 5.02 Å². The van der Waals surface area contributed by atoms with Gasteiger partial charge in [0.15, 0.2) is 0 Å². The Labute approximate surface area is 124 Å². The number of aliphatic hydroxyl groups excluding tert-OH is 1. The fraction of sp³-hybridized carbons (Fsp3) is 0.667.